The van der Waals surface area contributed by atoms with Crippen molar-refractivity contribution in [2.24, 2.45) is 0 Å². The van der Waals surface area contributed by atoms with Crippen molar-refractivity contribution in [2.45, 2.75) is 46.2 Å². The Hall–Kier alpha value is -2.83. The maximum Gasteiger partial charge on any atom is 0.287 e. The highest BCUT2D eigenvalue weighted by Gasteiger charge is 2.29. The molecule has 0 bridgehead atoms. The van der Waals surface area contributed by atoms with E-state index < -0.39 is 0 Å². The van der Waals surface area contributed by atoms with E-state index in [0.717, 1.165) is 36.3 Å². The quantitative estimate of drug-likeness (QED) is 0.796. The van der Waals surface area contributed by atoms with Gasteiger partial charge >= 0.3 is 0 Å². The number of hydrogen-bond acceptors (Lipinski definition) is 4. The van der Waals surface area contributed by atoms with E-state index in [2.05, 4.69) is 10.3 Å². The minimum Gasteiger partial charge on any atom is -0.496 e. The highest BCUT2D eigenvalue weighted by Crippen LogP contribution is 2.23. The van der Waals surface area contributed by atoms with Crippen molar-refractivity contribution < 1.29 is 14.3 Å². The van der Waals surface area contributed by atoms with Gasteiger partial charge in [0, 0.05) is 31.7 Å². The molecule has 0 radical (unpaired) electrons. The minimum absolute atomic E-state index is 0.0978. The third-order valence-corrected chi connectivity index (χ3v) is 5.21. The molecule has 2 aromatic rings. The fourth-order valence-corrected chi connectivity index (χ4v) is 3.65. The van der Waals surface area contributed by atoms with Crippen LogP contribution in [-0.4, -0.2) is 46.5 Å². The molecule has 0 spiro atoms. The van der Waals surface area contributed by atoms with Gasteiger partial charge in [-0.1, -0.05) is 18.2 Å². The molecule has 1 aromatic carbocycles. The van der Waals surface area contributed by atoms with Gasteiger partial charge in [0.15, 0.2) is 5.82 Å². The van der Waals surface area contributed by atoms with Gasteiger partial charge in [0.2, 0.25) is 0 Å². The Morgan fingerprint density at radius 3 is 2.68 bits per heavy atom. The van der Waals surface area contributed by atoms with E-state index in [-0.39, 0.29) is 11.8 Å². The zero-order valence-corrected chi connectivity index (χ0v) is 16.8. The summed E-state index contributed by atoms with van der Waals surface area (Å²) in [6, 6.07) is 7.57. The van der Waals surface area contributed by atoms with Crippen molar-refractivity contribution in [3.8, 4) is 5.75 Å². The zero-order valence-electron chi connectivity index (χ0n) is 16.8. The fraction of sp³-hybridized carbons (Fsp3) is 0.476. The summed E-state index contributed by atoms with van der Waals surface area (Å²) in [5.74, 6) is 0.678. The number of rotatable bonds is 7. The number of para-hydroxylation sites is 1. The zero-order chi connectivity index (χ0) is 20.1. The number of imidazole rings is 1. The number of fused-ring (bicyclic) bond motifs is 1. The van der Waals surface area contributed by atoms with E-state index in [9.17, 15) is 9.59 Å². The molecule has 0 fully saturated rings. The molecule has 1 aliphatic heterocycles. The van der Waals surface area contributed by atoms with Gasteiger partial charge in [0.1, 0.15) is 11.4 Å². The summed E-state index contributed by atoms with van der Waals surface area (Å²) in [7, 11) is 1.61. The second kappa shape index (κ2) is 8.91. The molecule has 7 heteroatoms. The van der Waals surface area contributed by atoms with Gasteiger partial charge in [0.25, 0.3) is 11.8 Å². The van der Waals surface area contributed by atoms with Gasteiger partial charge in [-0.2, -0.15) is 0 Å². The smallest absolute Gasteiger partial charge is 0.287 e. The normalized spacial score (nSPS) is 13.0. The van der Waals surface area contributed by atoms with Crippen LogP contribution in [0.4, 0.5) is 0 Å². The number of hydrogen-bond donors (Lipinski definition) is 1. The summed E-state index contributed by atoms with van der Waals surface area (Å²) in [5.41, 5.74) is 2.19. The lowest BCUT2D eigenvalue weighted by Crippen LogP contribution is -2.31. The van der Waals surface area contributed by atoms with Crippen LogP contribution < -0.4 is 10.1 Å². The SMILES string of the molecule is CCN(CC)C(=O)c1nc(C(=O)NCc2ccccc2OC)n2c1CCCC2. The van der Waals surface area contributed by atoms with E-state index in [0.29, 0.717) is 37.7 Å². The van der Waals surface area contributed by atoms with Gasteiger partial charge < -0.3 is 19.5 Å². The van der Waals surface area contributed by atoms with E-state index in [1.54, 1.807) is 12.0 Å². The largest absolute Gasteiger partial charge is 0.496 e. The number of methoxy groups -OCH3 is 1. The second-order valence-electron chi connectivity index (χ2n) is 6.81. The number of amides is 2. The standard InChI is InChI=1S/C21H28N4O3/c1-4-24(5-2)21(27)18-16-11-8-9-13-25(16)19(23-18)20(26)22-14-15-10-6-7-12-17(15)28-3/h6-7,10,12H,4-5,8-9,11,13-14H2,1-3H3,(H,22,26). The molecular formula is C21H28N4O3. The summed E-state index contributed by atoms with van der Waals surface area (Å²) in [4.78, 5) is 32.0. The molecule has 1 aromatic heterocycles. The molecule has 3 rings (SSSR count). The first-order valence-corrected chi connectivity index (χ1v) is 9.89. The van der Waals surface area contributed by atoms with Gasteiger partial charge in [-0.15, -0.1) is 0 Å². The molecule has 0 atom stereocenters. The molecule has 2 heterocycles. The van der Waals surface area contributed by atoms with Crippen molar-refractivity contribution in [2.75, 3.05) is 20.2 Å². The van der Waals surface area contributed by atoms with Crippen LogP contribution in [0, 0.1) is 0 Å². The number of carbonyl (C=O) groups is 2. The van der Waals surface area contributed by atoms with Crippen LogP contribution >= 0.6 is 0 Å². The Bertz CT molecular complexity index is 855. The van der Waals surface area contributed by atoms with Crippen LogP contribution in [0.5, 0.6) is 5.75 Å². The highest BCUT2D eigenvalue weighted by atomic mass is 16.5. The summed E-state index contributed by atoms with van der Waals surface area (Å²) >= 11 is 0. The predicted molar refractivity (Wildman–Crippen MR) is 107 cm³/mol. The predicted octanol–water partition coefficient (Wildman–Crippen LogP) is 2.64. The Morgan fingerprint density at radius 2 is 1.96 bits per heavy atom. The number of benzene rings is 1. The Morgan fingerprint density at radius 1 is 1.21 bits per heavy atom. The molecule has 0 saturated heterocycles. The van der Waals surface area contributed by atoms with Crippen molar-refractivity contribution in [1.29, 1.82) is 0 Å². The fourth-order valence-electron chi connectivity index (χ4n) is 3.65. The molecular weight excluding hydrogens is 356 g/mol. The summed E-state index contributed by atoms with van der Waals surface area (Å²) in [5, 5.41) is 2.92. The Kier molecular flexibility index (Phi) is 6.34. The second-order valence-corrected chi connectivity index (χ2v) is 6.81. The van der Waals surface area contributed by atoms with Crippen LogP contribution in [0.1, 0.15) is 59.1 Å². The first kappa shape index (κ1) is 19.9. The average Bonchev–Trinajstić information content (AvgIpc) is 3.13. The molecule has 1 N–H and O–H groups in total. The number of carbonyl (C=O) groups excluding carboxylic acids is 2. The van der Waals surface area contributed by atoms with Crippen LogP contribution in [0.15, 0.2) is 24.3 Å². The van der Waals surface area contributed by atoms with Crippen molar-refractivity contribution in [3.05, 3.63) is 47.0 Å². The van der Waals surface area contributed by atoms with E-state index in [1.165, 1.54) is 0 Å². The summed E-state index contributed by atoms with van der Waals surface area (Å²) in [6.07, 6.45) is 2.76. The number of nitrogens with one attached hydrogen (secondary N) is 1. The van der Waals surface area contributed by atoms with Gasteiger partial charge in [-0.05, 0) is 39.2 Å². The van der Waals surface area contributed by atoms with E-state index in [4.69, 9.17) is 4.74 Å². The van der Waals surface area contributed by atoms with Crippen LogP contribution in [0.2, 0.25) is 0 Å². The molecule has 0 saturated carbocycles. The molecule has 2 amide bonds. The lowest BCUT2D eigenvalue weighted by atomic mass is 10.1. The van der Waals surface area contributed by atoms with Gasteiger partial charge in [-0.25, -0.2) is 4.98 Å². The van der Waals surface area contributed by atoms with Crippen molar-refractivity contribution >= 4 is 11.8 Å². The average molecular weight is 384 g/mol. The van der Waals surface area contributed by atoms with Crippen molar-refractivity contribution in [1.82, 2.24) is 19.8 Å². The maximum absolute atomic E-state index is 12.9. The van der Waals surface area contributed by atoms with Crippen molar-refractivity contribution in [3.63, 3.8) is 0 Å². The van der Waals surface area contributed by atoms with E-state index in [1.807, 2.05) is 42.7 Å². The van der Waals surface area contributed by atoms with E-state index >= 15 is 0 Å². The first-order chi connectivity index (χ1) is 13.6. The molecule has 28 heavy (non-hydrogen) atoms. The molecule has 0 unspecified atom stereocenters. The summed E-state index contributed by atoms with van der Waals surface area (Å²) in [6.45, 7) is 6.19. The van der Waals surface area contributed by atoms with Gasteiger partial charge in [-0.3, -0.25) is 9.59 Å². The lowest BCUT2D eigenvalue weighted by Gasteiger charge is -2.20. The first-order valence-electron chi connectivity index (χ1n) is 9.89. The molecule has 1 aliphatic rings. The lowest BCUT2D eigenvalue weighted by molar-refractivity contribution is 0.0766. The van der Waals surface area contributed by atoms with Crippen LogP contribution in [0.3, 0.4) is 0 Å². The summed E-state index contributed by atoms with van der Waals surface area (Å²) < 4.78 is 7.25. The Balaban J connectivity index is 1.85. The topological polar surface area (TPSA) is 76.5 Å². The van der Waals surface area contributed by atoms with Crippen LogP contribution in [-0.2, 0) is 19.5 Å². The van der Waals surface area contributed by atoms with Gasteiger partial charge in [0.05, 0.1) is 12.8 Å². The monoisotopic (exact) mass is 384 g/mol. The number of ether oxygens (including phenoxy) is 1. The molecule has 7 nitrogen and oxygen atoms in total. The highest BCUT2D eigenvalue weighted by molar-refractivity contribution is 5.97. The Labute approximate surface area is 165 Å². The number of aromatic nitrogens is 2. The minimum atomic E-state index is -0.271. The number of nitrogens with zero attached hydrogens (tertiary/aromatic N) is 3. The molecule has 150 valence electrons. The third kappa shape index (κ3) is 3.88. The molecule has 0 aliphatic carbocycles. The van der Waals surface area contributed by atoms with Crippen LogP contribution in [0.25, 0.3) is 0 Å². The third-order valence-electron chi connectivity index (χ3n) is 5.21. The maximum atomic E-state index is 12.9.